The summed E-state index contributed by atoms with van der Waals surface area (Å²) in [5.41, 5.74) is 2.68. The molecule has 1 heterocycles. The molecule has 1 aromatic heterocycles. The van der Waals surface area contributed by atoms with Gasteiger partial charge >= 0.3 is 0 Å². The van der Waals surface area contributed by atoms with Crippen LogP contribution in [0.3, 0.4) is 0 Å². The first-order chi connectivity index (χ1) is 6.06. The average molecular weight is 180 g/mol. The maximum absolute atomic E-state index is 4.52. The van der Waals surface area contributed by atoms with Crippen LogP contribution in [0.15, 0.2) is 6.20 Å². The lowest BCUT2D eigenvalue weighted by molar-refractivity contribution is 0.658. The van der Waals surface area contributed by atoms with E-state index in [0.29, 0.717) is 11.8 Å². The minimum Gasteiger partial charge on any atom is -0.275 e. The molecule has 0 aliphatic rings. The van der Waals surface area contributed by atoms with Crippen LogP contribution in [0, 0.1) is 0 Å². The van der Waals surface area contributed by atoms with E-state index in [4.69, 9.17) is 0 Å². The molecule has 0 saturated carbocycles. The highest BCUT2D eigenvalue weighted by atomic mass is 15.3. The first-order valence-electron chi connectivity index (χ1n) is 5.09. The fraction of sp³-hybridized carbons (Fsp3) is 0.727. The summed E-state index contributed by atoms with van der Waals surface area (Å²) in [5, 5.41) is 4.52. The minimum atomic E-state index is 0.581. The SMILES string of the molecule is CCC(C)c1nn(C)cc1C(C)C. The van der Waals surface area contributed by atoms with Gasteiger partial charge in [-0.25, -0.2) is 0 Å². The van der Waals surface area contributed by atoms with Gasteiger partial charge < -0.3 is 0 Å². The molecule has 0 bridgehead atoms. The van der Waals surface area contributed by atoms with Gasteiger partial charge in [0.25, 0.3) is 0 Å². The normalized spacial score (nSPS) is 13.7. The quantitative estimate of drug-likeness (QED) is 0.699. The number of nitrogens with zero attached hydrogens (tertiary/aromatic N) is 2. The number of aromatic nitrogens is 2. The molecule has 13 heavy (non-hydrogen) atoms. The van der Waals surface area contributed by atoms with Crippen molar-refractivity contribution >= 4 is 0 Å². The van der Waals surface area contributed by atoms with Crippen LogP contribution in [0.5, 0.6) is 0 Å². The minimum absolute atomic E-state index is 0.581. The molecule has 0 fully saturated rings. The van der Waals surface area contributed by atoms with Gasteiger partial charge in [0.05, 0.1) is 5.69 Å². The van der Waals surface area contributed by atoms with Gasteiger partial charge in [-0.2, -0.15) is 5.10 Å². The first kappa shape index (κ1) is 10.3. The van der Waals surface area contributed by atoms with Gasteiger partial charge in [0.1, 0.15) is 0 Å². The second kappa shape index (κ2) is 3.95. The molecule has 0 N–H and O–H groups in total. The third-order valence-electron chi connectivity index (χ3n) is 2.59. The van der Waals surface area contributed by atoms with Crippen LogP contribution < -0.4 is 0 Å². The molecule has 1 aromatic rings. The molecule has 1 unspecified atom stereocenters. The predicted molar refractivity (Wildman–Crippen MR) is 56.0 cm³/mol. The molecular weight excluding hydrogens is 160 g/mol. The van der Waals surface area contributed by atoms with Gasteiger partial charge in [-0.3, -0.25) is 4.68 Å². The predicted octanol–water partition coefficient (Wildman–Crippen LogP) is 3.06. The van der Waals surface area contributed by atoms with Crippen LogP contribution >= 0.6 is 0 Å². The van der Waals surface area contributed by atoms with Crippen molar-refractivity contribution in [3.8, 4) is 0 Å². The zero-order valence-electron chi connectivity index (χ0n) is 9.33. The smallest absolute Gasteiger partial charge is 0.0687 e. The second-order valence-corrected chi connectivity index (χ2v) is 4.11. The van der Waals surface area contributed by atoms with Crippen LogP contribution in [0.2, 0.25) is 0 Å². The Kier molecular flexibility index (Phi) is 3.12. The highest BCUT2D eigenvalue weighted by Gasteiger charge is 2.15. The van der Waals surface area contributed by atoms with E-state index in [2.05, 4.69) is 39.0 Å². The van der Waals surface area contributed by atoms with Gasteiger partial charge in [-0.1, -0.05) is 27.7 Å². The largest absolute Gasteiger partial charge is 0.275 e. The summed E-state index contributed by atoms with van der Waals surface area (Å²) in [7, 11) is 2.00. The fourth-order valence-corrected chi connectivity index (χ4v) is 1.55. The molecule has 2 nitrogen and oxygen atoms in total. The first-order valence-corrected chi connectivity index (χ1v) is 5.09. The van der Waals surface area contributed by atoms with E-state index in [9.17, 15) is 0 Å². The lowest BCUT2D eigenvalue weighted by Gasteiger charge is -2.09. The van der Waals surface area contributed by atoms with Crippen molar-refractivity contribution in [3.63, 3.8) is 0 Å². The molecule has 1 rings (SSSR count). The third kappa shape index (κ3) is 2.11. The van der Waals surface area contributed by atoms with E-state index in [1.165, 1.54) is 11.3 Å². The summed E-state index contributed by atoms with van der Waals surface area (Å²) in [4.78, 5) is 0. The monoisotopic (exact) mass is 180 g/mol. The number of hydrogen-bond donors (Lipinski definition) is 0. The molecule has 0 saturated heterocycles. The standard InChI is InChI=1S/C11H20N2/c1-6-9(4)11-10(8(2)3)7-13(5)12-11/h7-9H,6H2,1-5H3. The molecule has 2 heteroatoms. The molecule has 0 aromatic carbocycles. The summed E-state index contributed by atoms with van der Waals surface area (Å²) in [6.07, 6.45) is 3.31. The molecule has 0 radical (unpaired) electrons. The van der Waals surface area contributed by atoms with E-state index in [-0.39, 0.29) is 0 Å². The second-order valence-electron chi connectivity index (χ2n) is 4.11. The van der Waals surface area contributed by atoms with E-state index < -0.39 is 0 Å². The molecule has 0 aliphatic carbocycles. The highest BCUT2D eigenvalue weighted by Crippen LogP contribution is 2.26. The maximum atomic E-state index is 4.52. The zero-order chi connectivity index (χ0) is 10.0. The van der Waals surface area contributed by atoms with E-state index in [1.54, 1.807) is 0 Å². The van der Waals surface area contributed by atoms with Gasteiger partial charge in [0.15, 0.2) is 0 Å². The van der Waals surface area contributed by atoms with Crippen LogP contribution in [0.1, 0.15) is 57.2 Å². The van der Waals surface area contributed by atoms with Gasteiger partial charge in [0, 0.05) is 19.2 Å². The summed E-state index contributed by atoms with van der Waals surface area (Å²) in [6, 6.07) is 0. The van der Waals surface area contributed by atoms with Crippen molar-refractivity contribution in [1.82, 2.24) is 9.78 Å². The molecular formula is C11H20N2. The summed E-state index contributed by atoms with van der Waals surface area (Å²) in [5.74, 6) is 1.16. The van der Waals surface area contributed by atoms with Gasteiger partial charge in [0.2, 0.25) is 0 Å². The van der Waals surface area contributed by atoms with Crippen molar-refractivity contribution in [2.45, 2.75) is 46.0 Å². The summed E-state index contributed by atoms with van der Waals surface area (Å²) in [6.45, 7) is 8.91. The lowest BCUT2D eigenvalue weighted by atomic mass is 9.95. The number of aryl methyl sites for hydroxylation is 1. The average Bonchev–Trinajstić information content (AvgIpc) is 2.46. The molecule has 74 valence electrons. The van der Waals surface area contributed by atoms with Crippen molar-refractivity contribution < 1.29 is 0 Å². The molecule has 0 spiro atoms. The number of hydrogen-bond acceptors (Lipinski definition) is 1. The van der Waals surface area contributed by atoms with E-state index in [1.807, 2.05) is 11.7 Å². The summed E-state index contributed by atoms with van der Waals surface area (Å²) < 4.78 is 1.93. The Bertz CT molecular complexity index is 274. The Morgan fingerprint density at radius 1 is 1.38 bits per heavy atom. The van der Waals surface area contributed by atoms with Crippen molar-refractivity contribution in [2.75, 3.05) is 0 Å². The Balaban J connectivity index is 3.04. The maximum Gasteiger partial charge on any atom is 0.0687 e. The van der Waals surface area contributed by atoms with E-state index in [0.717, 1.165) is 6.42 Å². The Hall–Kier alpha value is -0.790. The zero-order valence-corrected chi connectivity index (χ0v) is 9.33. The Morgan fingerprint density at radius 3 is 2.46 bits per heavy atom. The highest BCUT2D eigenvalue weighted by molar-refractivity contribution is 5.23. The Morgan fingerprint density at radius 2 is 2.00 bits per heavy atom. The molecule has 1 atom stereocenters. The van der Waals surface area contributed by atoms with Crippen molar-refractivity contribution in [1.29, 1.82) is 0 Å². The molecule has 0 aliphatic heterocycles. The van der Waals surface area contributed by atoms with Crippen LogP contribution in [0.25, 0.3) is 0 Å². The van der Waals surface area contributed by atoms with Gasteiger partial charge in [-0.15, -0.1) is 0 Å². The lowest BCUT2D eigenvalue weighted by Crippen LogP contribution is -1.99. The molecule has 0 amide bonds. The van der Waals surface area contributed by atoms with Crippen LogP contribution in [-0.4, -0.2) is 9.78 Å². The fourth-order valence-electron chi connectivity index (χ4n) is 1.55. The number of rotatable bonds is 3. The Labute approximate surface area is 81.0 Å². The van der Waals surface area contributed by atoms with Crippen LogP contribution in [0.4, 0.5) is 0 Å². The van der Waals surface area contributed by atoms with Crippen LogP contribution in [-0.2, 0) is 7.05 Å². The van der Waals surface area contributed by atoms with Crippen molar-refractivity contribution in [2.24, 2.45) is 7.05 Å². The van der Waals surface area contributed by atoms with E-state index >= 15 is 0 Å². The topological polar surface area (TPSA) is 17.8 Å². The van der Waals surface area contributed by atoms with Gasteiger partial charge in [-0.05, 0) is 17.9 Å². The van der Waals surface area contributed by atoms with Crippen molar-refractivity contribution in [3.05, 3.63) is 17.5 Å². The third-order valence-corrected chi connectivity index (χ3v) is 2.59. The summed E-state index contributed by atoms with van der Waals surface area (Å²) >= 11 is 0.